The van der Waals surface area contributed by atoms with Gasteiger partial charge in [0.15, 0.2) is 0 Å². The third-order valence-electron chi connectivity index (χ3n) is 2.45. The van der Waals surface area contributed by atoms with Crippen molar-refractivity contribution in [2.24, 2.45) is 9.98 Å². The van der Waals surface area contributed by atoms with Gasteiger partial charge in [0.1, 0.15) is 0 Å². The van der Waals surface area contributed by atoms with E-state index in [1.807, 2.05) is 86.9 Å². The van der Waals surface area contributed by atoms with Crippen molar-refractivity contribution < 1.29 is 6.90 Å². The highest BCUT2D eigenvalue weighted by atomic mass is 16.0. The summed E-state index contributed by atoms with van der Waals surface area (Å²) >= 11 is 0. The number of nitrogens with one attached hydrogen (secondary N) is 2. The molecule has 0 saturated heterocycles. The largest absolute Gasteiger partial charge is 0.412 e. The number of nitrogens with zero attached hydrogens (tertiary/aromatic N) is 2. The Morgan fingerprint density at radius 2 is 1.04 bits per heavy atom. The fourth-order valence-corrected chi connectivity index (χ4v) is 1.47. The molecule has 5 heteroatoms. The smallest absolute Gasteiger partial charge is 0.0361 e. The summed E-state index contributed by atoms with van der Waals surface area (Å²) in [6.07, 6.45) is 3.78. The third kappa shape index (κ3) is 12.8. The monoisotopic (exact) mass is 316 g/mol. The summed E-state index contributed by atoms with van der Waals surface area (Å²) in [5.74, 6) is 0. The molecule has 0 aliphatic heterocycles. The van der Waals surface area contributed by atoms with E-state index in [9.17, 15) is 0 Å². The van der Waals surface area contributed by atoms with Crippen LogP contribution in [-0.2, 0) is 0 Å². The van der Waals surface area contributed by atoms with Crippen molar-refractivity contribution in [1.29, 1.82) is 11.1 Å². The lowest BCUT2D eigenvalue weighted by Gasteiger charge is -1.87. The summed E-state index contributed by atoms with van der Waals surface area (Å²) in [6, 6.07) is 20.2. The summed E-state index contributed by atoms with van der Waals surface area (Å²) in [5.41, 5.74) is 12.3. The first kappa shape index (κ1) is 22.6. The Morgan fingerprint density at radius 3 is 1.30 bits per heavy atom. The molecular formula is C18H28N4O. The van der Waals surface area contributed by atoms with Crippen LogP contribution in [0.1, 0.15) is 26.4 Å². The zero-order chi connectivity index (χ0) is 16.5. The molecule has 2 aromatic carbocycles. The van der Waals surface area contributed by atoms with Gasteiger partial charge in [0.25, 0.3) is 0 Å². The van der Waals surface area contributed by atoms with E-state index in [0.29, 0.717) is 0 Å². The number of rotatable bonds is 4. The molecule has 23 heavy (non-hydrogen) atoms. The molecule has 2 aromatic rings. The zero-order valence-electron chi connectivity index (χ0n) is 13.7. The van der Waals surface area contributed by atoms with Crippen LogP contribution in [0.5, 0.6) is 0 Å². The van der Waals surface area contributed by atoms with Crippen molar-refractivity contribution in [3.63, 3.8) is 0 Å². The van der Waals surface area contributed by atoms with E-state index in [1.54, 1.807) is 0 Å². The van der Waals surface area contributed by atoms with Gasteiger partial charge in [0, 0.05) is 26.9 Å². The molecule has 0 spiro atoms. The van der Waals surface area contributed by atoms with E-state index in [0.717, 1.165) is 13.1 Å². The van der Waals surface area contributed by atoms with Crippen LogP contribution in [0.3, 0.4) is 0 Å². The van der Waals surface area contributed by atoms with Crippen LogP contribution in [0, 0.1) is 11.1 Å². The van der Waals surface area contributed by atoms with E-state index in [1.165, 1.54) is 11.1 Å². The Bertz CT molecular complexity index is 484. The van der Waals surface area contributed by atoms with Gasteiger partial charge in [-0.1, -0.05) is 60.7 Å². The van der Waals surface area contributed by atoms with Crippen LogP contribution in [0.4, 0.5) is 0 Å². The minimum Gasteiger partial charge on any atom is -0.412 e. The zero-order valence-corrected chi connectivity index (χ0v) is 13.7. The van der Waals surface area contributed by atoms with Gasteiger partial charge in [-0.2, -0.15) is 0 Å². The second kappa shape index (κ2) is 17.4. The van der Waals surface area contributed by atoms with Gasteiger partial charge in [-0.05, 0) is 25.0 Å². The highest BCUT2D eigenvalue weighted by Crippen LogP contribution is 1.93. The molecule has 0 aromatic heterocycles. The second-order valence-electron chi connectivity index (χ2n) is 4.08. The highest BCUT2D eigenvalue weighted by Gasteiger charge is 1.80. The van der Waals surface area contributed by atoms with Crippen molar-refractivity contribution in [2.75, 3.05) is 13.1 Å². The molecule has 0 amide bonds. The minimum atomic E-state index is 0. The summed E-state index contributed by atoms with van der Waals surface area (Å²) in [4.78, 5) is 8.23. The Morgan fingerprint density at radius 1 is 0.739 bits per heavy atom. The summed E-state index contributed by atoms with van der Waals surface area (Å²) in [5, 5.41) is 0. The molecule has 0 aliphatic rings. The van der Waals surface area contributed by atoms with Gasteiger partial charge in [-0.3, -0.25) is 9.98 Å². The summed E-state index contributed by atoms with van der Waals surface area (Å²) < 4.78 is 0. The first-order chi connectivity index (χ1) is 10.9. The van der Waals surface area contributed by atoms with Crippen molar-refractivity contribution in [3.05, 3.63) is 71.8 Å². The minimum absolute atomic E-state index is 0. The predicted octanol–water partition coefficient (Wildman–Crippen LogP) is 4.27. The van der Waals surface area contributed by atoms with E-state index < -0.39 is 0 Å². The van der Waals surface area contributed by atoms with Crippen molar-refractivity contribution >= 4 is 12.4 Å². The Hall–Kier alpha value is -2.66. The molecule has 0 unspecified atom stereocenters. The van der Waals surface area contributed by atoms with Gasteiger partial charge < -0.3 is 5.48 Å². The average Bonchev–Trinajstić information content (AvgIpc) is 2.62. The SMILES string of the molecule is CCN=Cc1ccccc1.CCN=Cc1ccccc1.N=N.O.[HH]. The molecular weight excluding hydrogens is 288 g/mol. The molecule has 0 saturated carbocycles. The van der Waals surface area contributed by atoms with Gasteiger partial charge in [0.2, 0.25) is 0 Å². The quantitative estimate of drug-likeness (QED) is 0.621. The molecule has 0 radical (unpaired) electrons. The first-order valence-electron chi connectivity index (χ1n) is 7.21. The summed E-state index contributed by atoms with van der Waals surface area (Å²) in [6.45, 7) is 5.77. The molecule has 5 nitrogen and oxygen atoms in total. The molecule has 0 heterocycles. The second-order valence-corrected chi connectivity index (χ2v) is 4.08. The number of benzene rings is 2. The molecule has 4 N–H and O–H groups in total. The van der Waals surface area contributed by atoms with Crippen molar-refractivity contribution in [3.8, 4) is 0 Å². The Kier molecular flexibility index (Phi) is 17.1. The number of hydrogen-bond donors (Lipinski definition) is 2. The van der Waals surface area contributed by atoms with Crippen LogP contribution < -0.4 is 0 Å². The fourth-order valence-electron chi connectivity index (χ4n) is 1.47. The molecule has 0 fully saturated rings. The first-order valence-corrected chi connectivity index (χ1v) is 7.21. The van der Waals surface area contributed by atoms with E-state index in [-0.39, 0.29) is 6.90 Å². The van der Waals surface area contributed by atoms with Gasteiger partial charge in [-0.25, -0.2) is 11.1 Å². The molecule has 126 valence electrons. The predicted molar refractivity (Wildman–Crippen MR) is 100 cm³/mol. The molecule has 0 bridgehead atoms. The van der Waals surface area contributed by atoms with Crippen LogP contribution in [0.2, 0.25) is 0 Å². The van der Waals surface area contributed by atoms with Crippen LogP contribution in [-0.4, -0.2) is 31.0 Å². The van der Waals surface area contributed by atoms with Gasteiger partial charge in [-0.15, -0.1) is 0 Å². The third-order valence-corrected chi connectivity index (χ3v) is 2.45. The standard InChI is InChI=1S/2C9H11N.H2N2.H2O.H2/c2*1-2-10-8-9-6-4-3-5-7-9;1-2;;/h2*3-8H,2H2,1H3;1-2H;1H2;1H. The lowest BCUT2D eigenvalue weighted by molar-refractivity contribution is 0.824. The Balaban J connectivity index is -0.000000310. The maximum Gasteiger partial charge on any atom is 0.0361 e. The van der Waals surface area contributed by atoms with Crippen LogP contribution >= 0.6 is 0 Å². The lowest BCUT2D eigenvalue weighted by Crippen LogP contribution is -1.78. The average molecular weight is 316 g/mol. The van der Waals surface area contributed by atoms with E-state index >= 15 is 0 Å². The molecule has 2 rings (SSSR count). The molecule has 0 atom stereocenters. The number of aliphatic imine (C=N–C) groups is 2. The van der Waals surface area contributed by atoms with Crippen molar-refractivity contribution in [2.45, 2.75) is 13.8 Å². The van der Waals surface area contributed by atoms with Crippen LogP contribution in [0.15, 0.2) is 70.6 Å². The maximum atomic E-state index is 5.00. The fraction of sp³-hybridized carbons (Fsp3) is 0.222. The van der Waals surface area contributed by atoms with Gasteiger partial charge in [0.05, 0.1) is 0 Å². The normalized spacial score (nSPS) is 9.30. The van der Waals surface area contributed by atoms with Crippen molar-refractivity contribution in [1.82, 2.24) is 0 Å². The number of hydrogen-bond acceptors (Lipinski definition) is 4. The van der Waals surface area contributed by atoms with Crippen LogP contribution in [0.25, 0.3) is 0 Å². The highest BCUT2D eigenvalue weighted by molar-refractivity contribution is 5.79. The lowest BCUT2D eigenvalue weighted by atomic mass is 10.2. The Labute approximate surface area is 139 Å². The van der Waals surface area contributed by atoms with E-state index in [2.05, 4.69) is 9.98 Å². The van der Waals surface area contributed by atoms with E-state index in [4.69, 9.17) is 11.1 Å². The summed E-state index contributed by atoms with van der Waals surface area (Å²) in [7, 11) is 0. The van der Waals surface area contributed by atoms with Gasteiger partial charge >= 0.3 is 0 Å². The molecule has 0 aliphatic carbocycles. The topological polar surface area (TPSA) is 104 Å². The maximum absolute atomic E-state index is 5.00.